The molecule has 0 aliphatic carbocycles. The van der Waals surface area contributed by atoms with E-state index in [9.17, 15) is 0 Å². The van der Waals surface area contributed by atoms with E-state index in [4.69, 9.17) is 0 Å². The molecule has 5 nitrogen and oxygen atoms in total. The van der Waals surface area contributed by atoms with E-state index in [1.165, 1.54) is 6.42 Å². The van der Waals surface area contributed by atoms with Gasteiger partial charge in [0.25, 0.3) is 0 Å². The Kier molecular flexibility index (Phi) is 3.21. The molecule has 100 valence electrons. The number of hydrogen-bond acceptors (Lipinski definition) is 4. The van der Waals surface area contributed by atoms with Crippen LogP contribution in [0.3, 0.4) is 0 Å². The van der Waals surface area contributed by atoms with Gasteiger partial charge in [0, 0.05) is 31.0 Å². The Morgan fingerprint density at radius 3 is 2.84 bits per heavy atom. The Balaban J connectivity index is 1.67. The molecule has 3 heterocycles. The lowest BCUT2D eigenvalue weighted by Crippen LogP contribution is -2.24. The Morgan fingerprint density at radius 2 is 2.26 bits per heavy atom. The second-order valence-electron chi connectivity index (χ2n) is 5.24. The smallest absolute Gasteiger partial charge is 0.137 e. The lowest BCUT2D eigenvalue weighted by Gasteiger charge is -2.14. The van der Waals surface area contributed by atoms with Crippen LogP contribution in [0.5, 0.6) is 0 Å². The largest absolute Gasteiger partial charge is 0.380 e. The van der Waals surface area contributed by atoms with Crippen molar-refractivity contribution in [3.05, 3.63) is 37.1 Å². The van der Waals surface area contributed by atoms with E-state index in [1.54, 1.807) is 12.5 Å². The molecule has 2 aromatic rings. The van der Waals surface area contributed by atoms with Gasteiger partial charge < -0.3 is 10.2 Å². The fourth-order valence-corrected chi connectivity index (χ4v) is 2.55. The second-order valence-corrected chi connectivity index (χ2v) is 5.24. The van der Waals surface area contributed by atoms with Crippen molar-refractivity contribution in [2.45, 2.75) is 25.4 Å². The molecule has 1 N–H and O–H groups in total. The van der Waals surface area contributed by atoms with E-state index >= 15 is 0 Å². The average Bonchev–Trinajstić information content (AvgIpc) is 3.02. The van der Waals surface area contributed by atoms with Gasteiger partial charge in [-0.15, -0.1) is 0 Å². The summed E-state index contributed by atoms with van der Waals surface area (Å²) < 4.78 is 1.90. The van der Waals surface area contributed by atoms with Crippen LogP contribution in [-0.4, -0.2) is 45.1 Å². The van der Waals surface area contributed by atoms with Crippen molar-refractivity contribution in [3.63, 3.8) is 0 Å². The van der Waals surface area contributed by atoms with Crippen LogP contribution in [0.1, 0.15) is 13.3 Å². The van der Waals surface area contributed by atoms with E-state index in [0.717, 1.165) is 18.1 Å². The summed E-state index contributed by atoms with van der Waals surface area (Å²) in [5.74, 6) is 0.889. The van der Waals surface area contributed by atoms with Crippen LogP contribution in [0, 0.1) is 0 Å². The summed E-state index contributed by atoms with van der Waals surface area (Å²) in [4.78, 5) is 10.9. The molecule has 0 saturated carbocycles. The van der Waals surface area contributed by atoms with Crippen molar-refractivity contribution in [2.24, 2.45) is 0 Å². The molecule has 19 heavy (non-hydrogen) atoms. The first-order valence-corrected chi connectivity index (χ1v) is 6.63. The molecule has 0 bridgehead atoms. The quantitative estimate of drug-likeness (QED) is 0.910. The zero-order chi connectivity index (χ0) is 13.2. The number of nitrogens with zero attached hydrogens (tertiary/aromatic N) is 4. The number of imidazole rings is 1. The molecule has 0 spiro atoms. The maximum absolute atomic E-state index is 4.45. The summed E-state index contributed by atoms with van der Waals surface area (Å²) >= 11 is 0. The molecule has 1 saturated heterocycles. The molecule has 3 rings (SSSR count). The highest BCUT2D eigenvalue weighted by Gasteiger charge is 2.25. The number of rotatable bonds is 3. The highest BCUT2D eigenvalue weighted by atomic mass is 15.2. The zero-order valence-electron chi connectivity index (χ0n) is 11.3. The Labute approximate surface area is 113 Å². The Morgan fingerprint density at radius 1 is 1.37 bits per heavy atom. The van der Waals surface area contributed by atoms with Crippen molar-refractivity contribution in [1.29, 1.82) is 0 Å². The normalized spacial score (nSPS) is 23.7. The van der Waals surface area contributed by atoms with Crippen LogP contribution >= 0.6 is 0 Å². The third kappa shape index (κ3) is 2.61. The van der Waals surface area contributed by atoms with Gasteiger partial charge in [0.2, 0.25) is 0 Å². The van der Waals surface area contributed by atoms with E-state index in [-0.39, 0.29) is 0 Å². The number of anilines is 1. The summed E-state index contributed by atoms with van der Waals surface area (Å²) in [6, 6.07) is 5.24. The van der Waals surface area contributed by atoms with Gasteiger partial charge in [0.1, 0.15) is 12.1 Å². The first-order valence-electron chi connectivity index (χ1n) is 6.63. The van der Waals surface area contributed by atoms with Crippen LogP contribution in [0.4, 0.5) is 5.69 Å². The molecule has 0 aromatic carbocycles. The average molecular weight is 257 g/mol. The molecular weight excluding hydrogens is 238 g/mol. The van der Waals surface area contributed by atoms with Crippen LogP contribution < -0.4 is 5.32 Å². The highest BCUT2D eigenvalue weighted by Crippen LogP contribution is 2.19. The predicted molar refractivity (Wildman–Crippen MR) is 75.5 cm³/mol. The summed E-state index contributed by atoms with van der Waals surface area (Å²) in [7, 11) is 2.17. The maximum atomic E-state index is 4.45. The number of aromatic nitrogens is 3. The minimum atomic E-state index is 0.515. The summed E-state index contributed by atoms with van der Waals surface area (Å²) in [5.41, 5.74) is 1.08. The van der Waals surface area contributed by atoms with Gasteiger partial charge in [-0.2, -0.15) is 0 Å². The van der Waals surface area contributed by atoms with Gasteiger partial charge in [-0.05, 0) is 32.5 Å². The monoisotopic (exact) mass is 257 g/mol. The molecule has 5 heteroatoms. The Hall–Kier alpha value is -1.88. The third-order valence-corrected chi connectivity index (χ3v) is 3.77. The minimum Gasteiger partial charge on any atom is -0.380 e. The maximum Gasteiger partial charge on any atom is 0.137 e. The lowest BCUT2D eigenvalue weighted by molar-refractivity contribution is 0.330. The van der Waals surface area contributed by atoms with E-state index < -0.39 is 0 Å². The van der Waals surface area contributed by atoms with Crippen molar-refractivity contribution < 1.29 is 0 Å². The molecule has 2 aromatic heterocycles. The number of hydrogen-bond donors (Lipinski definition) is 1. The first-order chi connectivity index (χ1) is 9.22. The highest BCUT2D eigenvalue weighted by molar-refractivity contribution is 5.44. The SMILES string of the molecule is CC1CC(Nc2ccc(-n3ccnc3)nc2)CN1C. The molecule has 1 fully saturated rings. The van der Waals surface area contributed by atoms with E-state index in [0.29, 0.717) is 12.1 Å². The molecule has 1 aliphatic rings. The lowest BCUT2D eigenvalue weighted by atomic mass is 10.2. The van der Waals surface area contributed by atoms with Gasteiger partial charge in [-0.25, -0.2) is 9.97 Å². The summed E-state index contributed by atoms with van der Waals surface area (Å²) in [6.45, 7) is 3.35. The van der Waals surface area contributed by atoms with Gasteiger partial charge in [-0.3, -0.25) is 4.57 Å². The van der Waals surface area contributed by atoms with Crippen molar-refractivity contribution in [1.82, 2.24) is 19.4 Å². The third-order valence-electron chi connectivity index (χ3n) is 3.77. The number of likely N-dealkylation sites (N-methyl/N-ethyl adjacent to an activating group) is 1. The zero-order valence-corrected chi connectivity index (χ0v) is 11.3. The summed E-state index contributed by atoms with van der Waals surface area (Å²) in [5, 5.41) is 3.55. The Bertz CT molecular complexity index is 509. The topological polar surface area (TPSA) is 46.0 Å². The van der Waals surface area contributed by atoms with E-state index in [1.807, 2.05) is 23.0 Å². The van der Waals surface area contributed by atoms with Crippen LogP contribution in [0.15, 0.2) is 37.1 Å². The standard InChI is InChI=1S/C14H19N5/c1-11-7-13(9-18(11)2)17-12-3-4-14(16-8-12)19-6-5-15-10-19/h3-6,8,10-11,13,17H,7,9H2,1-2H3. The number of pyridine rings is 1. The van der Waals surface area contributed by atoms with Gasteiger partial charge in [-0.1, -0.05) is 0 Å². The number of likely N-dealkylation sites (tertiary alicyclic amines) is 1. The van der Waals surface area contributed by atoms with Crippen molar-refractivity contribution >= 4 is 5.69 Å². The van der Waals surface area contributed by atoms with Gasteiger partial charge >= 0.3 is 0 Å². The fraction of sp³-hybridized carbons (Fsp3) is 0.429. The molecule has 1 aliphatic heterocycles. The van der Waals surface area contributed by atoms with Crippen LogP contribution in [0.25, 0.3) is 5.82 Å². The minimum absolute atomic E-state index is 0.515. The molecular formula is C14H19N5. The molecule has 0 radical (unpaired) electrons. The predicted octanol–water partition coefficient (Wildman–Crippen LogP) is 1.77. The fourth-order valence-electron chi connectivity index (χ4n) is 2.55. The molecule has 0 amide bonds. The summed E-state index contributed by atoms with van der Waals surface area (Å²) in [6.07, 6.45) is 8.47. The number of nitrogens with one attached hydrogen (secondary N) is 1. The van der Waals surface area contributed by atoms with Crippen LogP contribution in [0.2, 0.25) is 0 Å². The first kappa shape index (κ1) is 12.2. The molecule has 2 atom stereocenters. The molecule has 2 unspecified atom stereocenters. The van der Waals surface area contributed by atoms with Crippen LogP contribution in [-0.2, 0) is 0 Å². The van der Waals surface area contributed by atoms with E-state index in [2.05, 4.69) is 40.2 Å². The van der Waals surface area contributed by atoms with Crippen molar-refractivity contribution in [2.75, 3.05) is 18.9 Å². The second kappa shape index (κ2) is 5.01. The van der Waals surface area contributed by atoms with Gasteiger partial charge in [0.15, 0.2) is 0 Å². The van der Waals surface area contributed by atoms with Gasteiger partial charge in [0.05, 0.1) is 11.9 Å². The van der Waals surface area contributed by atoms with Crippen molar-refractivity contribution in [3.8, 4) is 5.82 Å².